The van der Waals surface area contributed by atoms with Gasteiger partial charge in [-0.15, -0.1) is 0 Å². The molecule has 1 amide bonds. The number of aryl methyl sites for hydroxylation is 1. The Balaban J connectivity index is 2.72. The molecule has 0 saturated carbocycles. The average molecular weight is 315 g/mol. The van der Waals surface area contributed by atoms with E-state index in [4.69, 9.17) is 0 Å². The van der Waals surface area contributed by atoms with Crippen molar-refractivity contribution < 1.29 is 4.79 Å². The monoisotopic (exact) mass is 314 g/mol. The van der Waals surface area contributed by atoms with Crippen molar-refractivity contribution in [1.82, 2.24) is 9.88 Å². The fraction of sp³-hybridized carbons (Fsp3) is 0.643. The van der Waals surface area contributed by atoms with E-state index in [1.54, 1.807) is 0 Å². The molecule has 0 saturated heterocycles. The molecular formula is C14H23BrN2O. The second-order valence-electron chi connectivity index (χ2n) is 5.44. The van der Waals surface area contributed by atoms with Gasteiger partial charge >= 0.3 is 0 Å². The molecular weight excluding hydrogens is 292 g/mol. The first kappa shape index (κ1) is 15.3. The molecule has 1 aromatic heterocycles. The third-order valence-electron chi connectivity index (χ3n) is 3.24. The Labute approximate surface area is 118 Å². The van der Waals surface area contributed by atoms with Crippen molar-refractivity contribution in [1.29, 1.82) is 0 Å². The fourth-order valence-corrected chi connectivity index (χ4v) is 2.09. The molecule has 1 rings (SSSR count). The first-order chi connectivity index (χ1) is 8.39. The maximum Gasteiger partial charge on any atom is 0.267 e. The molecule has 0 spiro atoms. The van der Waals surface area contributed by atoms with Crippen LogP contribution in [0.1, 0.15) is 51.0 Å². The Kier molecular flexibility index (Phi) is 5.45. The Bertz CT molecular complexity index is 410. The highest BCUT2D eigenvalue weighted by Crippen LogP contribution is 2.19. The standard InChI is InChI=1S/C14H23BrN2O/c1-5-7-17-9-11(15)8-12(17)13(18)16-10-14(3,4)6-2/h8-9H,5-7,10H2,1-4H3,(H,16,18). The van der Waals surface area contributed by atoms with Gasteiger partial charge in [-0.05, 0) is 40.3 Å². The first-order valence-electron chi connectivity index (χ1n) is 6.53. The van der Waals surface area contributed by atoms with Crippen LogP contribution in [0.15, 0.2) is 16.7 Å². The summed E-state index contributed by atoms with van der Waals surface area (Å²) in [4.78, 5) is 12.2. The van der Waals surface area contributed by atoms with Gasteiger partial charge in [-0.2, -0.15) is 0 Å². The number of nitrogens with zero attached hydrogens (tertiary/aromatic N) is 1. The van der Waals surface area contributed by atoms with Gasteiger partial charge in [-0.25, -0.2) is 0 Å². The topological polar surface area (TPSA) is 34.0 Å². The Morgan fingerprint density at radius 1 is 1.44 bits per heavy atom. The minimum Gasteiger partial charge on any atom is -0.350 e. The molecule has 0 aromatic carbocycles. The van der Waals surface area contributed by atoms with Crippen molar-refractivity contribution in [3.05, 3.63) is 22.4 Å². The highest BCUT2D eigenvalue weighted by atomic mass is 79.9. The van der Waals surface area contributed by atoms with Gasteiger partial charge in [0.2, 0.25) is 0 Å². The number of amides is 1. The molecule has 0 atom stereocenters. The van der Waals surface area contributed by atoms with Crippen molar-refractivity contribution in [2.45, 2.75) is 47.1 Å². The van der Waals surface area contributed by atoms with E-state index in [0.29, 0.717) is 6.54 Å². The zero-order valence-electron chi connectivity index (χ0n) is 11.7. The van der Waals surface area contributed by atoms with Gasteiger partial charge in [0.25, 0.3) is 5.91 Å². The lowest BCUT2D eigenvalue weighted by molar-refractivity contribution is 0.0926. The summed E-state index contributed by atoms with van der Waals surface area (Å²) < 4.78 is 2.95. The molecule has 0 unspecified atom stereocenters. The zero-order chi connectivity index (χ0) is 13.8. The lowest BCUT2D eigenvalue weighted by Crippen LogP contribution is -2.34. The van der Waals surface area contributed by atoms with Gasteiger partial charge in [0.15, 0.2) is 0 Å². The molecule has 4 heteroatoms. The van der Waals surface area contributed by atoms with Crippen molar-refractivity contribution in [3.63, 3.8) is 0 Å². The molecule has 3 nitrogen and oxygen atoms in total. The first-order valence-corrected chi connectivity index (χ1v) is 7.33. The summed E-state index contributed by atoms with van der Waals surface area (Å²) in [6.45, 7) is 10.1. The molecule has 0 aliphatic rings. The summed E-state index contributed by atoms with van der Waals surface area (Å²) in [5, 5.41) is 3.02. The molecule has 0 aliphatic carbocycles. The third kappa shape index (κ3) is 4.16. The van der Waals surface area contributed by atoms with Crippen LogP contribution in [-0.2, 0) is 6.54 Å². The molecule has 1 heterocycles. The number of carbonyl (C=O) groups is 1. The molecule has 1 aromatic rings. The van der Waals surface area contributed by atoms with Gasteiger partial charge in [0.1, 0.15) is 5.69 Å². The van der Waals surface area contributed by atoms with Crippen LogP contribution in [0.5, 0.6) is 0 Å². The van der Waals surface area contributed by atoms with E-state index in [0.717, 1.165) is 29.6 Å². The summed E-state index contributed by atoms with van der Waals surface area (Å²) >= 11 is 3.42. The molecule has 102 valence electrons. The molecule has 1 N–H and O–H groups in total. The minimum absolute atomic E-state index is 0.00988. The lowest BCUT2D eigenvalue weighted by atomic mass is 9.90. The van der Waals surface area contributed by atoms with Gasteiger partial charge in [0.05, 0.1) is 0 Å². The van der Waals surface area contributed by atoms with E-state index in [-0.39, 0.29) is 11.3 Å². The number of hydrogen-bond donors (Lipinski definition) is 1. The minimum atomic E-state index is 0.00988. The molecule has 18 heavy (non-hydrogen) atoms. The van der Waals surface area contributed by atoms with Gasteiger partial charge in [-0.1, -0.05) is 27.7 Å². The Morgan fingerprint density at radius 2 is 2.11 bits per heavy atom. The van der Waals surface area contributed by atoms with Crippen LogP contribution < -0.4 is 5.32 Å². The second-order valence-corrected chi connectivity index (χ2v) is 6.35. The predicted octanol–water partition coefficient (Wildman–Crippen LogP) is 3.83. The van der Waals surface area contributed by atoms with Crippen LogP contribution in [0, 0.1) is 5.41 Å². The number of carbonyl (C=O) groups excluding carboxylic acids is 1. The number of hydrogen-bond acceptors (Lipinski definition) is 1. The van der Waals surface area contributed by atoms with Crippen LogP contribution in [0.3, 0.4) is 0 Å². The normalized spacial score (nSPS) is 11.6. The summed E-state index contributed by atoms with van der Waals surface area (Å²) in [7, 11) is 0. The van der Waals surface area contributed by atoms with Crippen LogP contribution in [-0.4, -0.2) is 17.0 Å². The van der Waals surface area contributed by atoms with E-state index >= 15 is 0 Å². The lowest BCUT2D eigenvalue weighted by Gasteiger charge is -2.23. The average Bonchev–Trinajstić information content (AvgIpc) is 2.68. The van der Waals surface area contributed by atoms with E-state index in [2.05, 4.69) is 48.9 Å². The largest absolute Gasteiger partial charge is 0.350 e. The summed E-state index contributed by atoms with van der Waals surface area (Å²) in [5.41, 5.74) is 0.880. The molecule has 0 bridgehead atoms. The van der Waals surface area contributed by atoms with Crippen molar-refractivity contribution in [2.75, 3.05) is 6.54 Å². The zero-order valence-corrected chi connectivity index (χ0v) is 13.3. The number of nitrogens with one attached hydrogen (secondary N) is 1. The molecule has 0 radical (unpaired) electrons. The van der Waals surface area contributed by atoms with Crippen LogP contribution >= 0.6 is 15.9 Å². The van der Waals surface area contributed by atoms with Gasteiger partial charge in [0, 0.05) is 23.8 Å². The highest BCUT2D eigenvalue weighted by Gasteiger charge is 2.18. The predicted molar refractivity (Wildman–Crippen MR) is 78.8 cm³/mol. The number of rotatable bonds is 6. The highest BCUT2D eigenvalue weighted by molar-refractivity contribution is 9.10. The SMILES string of the molecule is CCCn1cc(Br)cc1C(=O)NCC(C)(C)CC. The molecule has 0 aliphatic heterocycles. The summed E-state index contributed by atoms with van der Waals surface area (Å²) in [6, 6.07) is 1.88. The summed E-state index contributed by atoms with van der Waals surface area (Å²) in [6.07, 6.45) is 4.03. The van der Waals surface area contributed by atoms with E-state index < -0.39 is 0 Å². The fourth-order valence-electron chi connectivity index (χ4n) is 1.63. The van der Waals surface area contributed by atoms with Gasteiger partial charge in [-0.3, -0.25) is 4.79 Å². The third-order valence-corrected chi connectivity index (χ3v) is 3.68. The van der Waals surface area contributed by atoms with Gasteiger partial charge < -0.3 is 9.88 Å². The number of halogens is 1. The van der Waals surface area contributed by atoms with Crippen molar-refractivity contribution >= 4 is 21.8 Å². The smallest absolute Gasteiger partial charge is 0.267 e. The van der Waals surface area contributed by atoms with E-state index in [9.17, 15) is 4.79 Å². The summed E-state index contributed by atoms with van der Waals surface area (Å²) in [5.74, 6) is 0.00988. The quantitative estimate of drug-likeness (QED) is 0.850. The van der Waals surface area contributed by atoms with Crippen LogP contribution in [0.4, 0.5) is 0 Å². The Hall–Kier alpha value is -0.770. The van der Waals surface area contributed by atoms with E-state index in [1.165, 1.54) is 0 Å². The van der Waals surface area contributed by atoms with Crippen LogP contribution in [0.2, 0.25) is 0 Å². The van der Waals surface area contributed by atoms with Crippen LogP contribution in [0.25, 0.3) is 0 Å². The maximum atomic E-state index is 12.2. The Morgan fingerprint density at radius 3 is 2.67 bits per heavy atom. The molecule has 0 fully saturated rings. The number of aromatic nitrogens is 1. The maximum absolute atomic E-state index is 12.2. The van der Waals surface area contributed by atoms with E-state index in [1.807, 2.05) is 16.8 Å². The van der Waals surface area contributed by atoms with Crippen molar-refractivity contribution in [3.8, 4) is 0 Å². The van der Waals surface area contributed by atoms with Crippen molar-refractivity contribution in [2.24, 2.45) is 5.41 Å². The second kappa shape index (κ2) is 6.41.